The van der Waals surface area contributed by atoms with Crippen molar-refractivity contribution >= 4 is 29.3 Å². The van der Waals surface area contributed by atoms with Crippen molar-refractivity contribution in [2.45, 2.75) is 55.3 Å². The van der Waals surface area contributed by atoms with Gasteiger partial charge < -0.3 is 5.32 Å². The van der Waals surface area contributed by atoms with Crippen molar-refractivity contribution in [3.8, 4) is 12.3 Å². The molecule has 2 aromatic carbocycles. The van der Waals surface area contributed by atoms with Gasteiger partial charge in [-0.2, -0.15) is 13.2 Å². The molecule has 0 bridgehead atoms. The first-order valence-corrected chi connectivity index (χ1v) is 11.9. The molecular weight excluding hydrogens is 449 g/mol. The molecular formula is C25H25F3N2O2S. The minimum atomic E-state index is -4.61. The van der Waals surface area contributed by atoms with Crippen LogP contribution >= 0.6 is 11.8 Å². The number of thioether (sulfide) groups is 1. The zero-order valence-corrected chi connectivity index (χ0v) is 19.0. The van der Waals surface area contributed by atoms with Gasteiger partial charge in [0.2, 0.25) is 5.91 Å². The zero-order valence-electron chi connectivity index (χ0n) is 18.2. The van der Waals surface area contributed by atoms with Crippen LogP contribution in [0.1, 0.15) is 49.3 Å². The molecule has 2 amide bonds. The second kappa shape index (κ2) is 10.8. The van der Waals surface area contributed by atoms with Crippen molar-refractivity contribution in [3.05, 3.63) is 59.7 Å². The van der Waals surface area contributed by atoms with Crippen LogP contribution in [0, 0.1) is 12.3 Å². The maximum atomic E-state index is 13.5. The summed E-state index contributed by atoms with van der Waals surface area (Å²) in [5, 5.41) is 2.99. The van der Waals surface area contributed by atoms with Gasteiger partial charge in [-0.15, -0.1) is 18.2 Å². The van der Waals surface area contributed by atoms with E-state index in [1.54, 1.807) is 24.3 Å². The number of nitrogens with zero attached hydrogens (tertiary/aromatic N) is 1. The molecule has 2 aromatic rings. The highest BCUT2D eigenvalue weighted by atomic mass is 32.2. The van der Waals surface area contributed by atoms with E-state index in [2.05, 4.69) is 5.32 Å². The molecule has 174 valence electrons. The molecule has 4 nitrogen and oxygen atoms in total. The summed E-state index contributed by atoms with van der Waals surface area (Å²) in [5.41, 5.74) is -0.563. The normalized spacial score (nSPS) is 15.4. The first kappa shape index (κ1) is 24.7. The van der Waals surface area contributed by atoms with E-state index in [-0.39, 0.29) is 11.7 Å². The summed E-state index contributed by atoms with van der Waals surface area (Å²) in [6, 6.07) is 10.0. The van der Waals surface area contributed by atoms with E-state index in [9.17, 15) is 22.8 Å². The number of nitrogens with one attached hydrogen (secondary N) is 1. The van der Waals surface area contributed by atoms with Gasteiger partial charge in [0.25, 0.3) is 0 Å². The molecule has 1 saturated carbocycles. The number of amides is 2. The number of benzene rings is 2. The number of hydrogen-bond acceptors (Lipinski definition) is 3. The molecule has 1 N–H and O–H groups in total. The smallest absolute Gasteiger partial charge is 0.351 e. The van der Waals surface area contributed by atoms with Crippen molar-refractivity contribution in [2.75, 3.05) is 11.2 Å². The molecule has 1 fully saturated rings. The fourth-order valence-electron chi connectivity index (χ4n) is 4.02. The van der Waals surface area contributed by atoms with Crippen molar-refractivity contribution in [1.82, 2.24) is 5.32 Å². The van der Waals surface area contributed by atoms with Crippen LogP contribution in [0.3, 0.4) is 0 Å². The van der Waals surface area contributed by atoms with Crippen molar-refractivity contribution in [2.24, 2.45) is 0 Å². The molecule has 1 atom stereocenters. The number of carbonyl (C=O) groups is 2. The van der Waals surface area contributed by atoms with Gasteiger partial charge in [-0.3, -0.25) is 14.5 Å². The molecule has 33 heavy (non-hydrogen) atoms. The van der Waals surface area contributed by atoms with Crippen LogP contribution in [0.25, 0.3) is 0 Å². The quantitative estimate of drug-likeness (QED) is 0.439. The van der Waals surface area contributed by atoms with Crippen LogP contribution in [-0.4, -0.2) is 24.1 Å². The Morgan fingerprint density at radius 2 is 1.79 bits per heavy atom. The van der Waals surface area contributed by atoms with Crippen LogP contribution in [0.4, 0.5) is 18.9 Å². The molecule has 3 rings (SSSR count). The Bertz CT molecular complexity index is 1030. The molecule has 0 radical (unpaired) electrons. The van der Waals surface area contributed by atoms with Gasteiger partial charge >= 0.3 is 12.1 Å². The van der Waals surface area contributed by atoms with Crippen molar-refractivity contribution in [3.63, 3.8) is 0 Å². The predicted molar refractivity (Wildman–Crippen MR) is 124 cm³/mol. The van der Waals surface area contributed by atoms with E-state index in [0.29, 0.717) is 5.56 Å². The zero-order chi connectivity index (χ0) is 24.0. The molecule has 1 aliphatic rings. The highest BCUT2D eigenvalue weighted by Crippen LogP contribution is 2.35. The number of hydrogen-bond donors (Lipinski definition) is 1. The molecule has 1 aliphatic carbocycles. The van der Waals surface area contributed by atoms with E-state index >= 15 is 0 Å². The number of terminal acetylenes is 1. The largest absolute Gasteiger partial charge is 0.416 e. The molecule has 0 saturated heterocycles. The number of carbonyl (C=O) groups excluding carboxylic acids is 2. The van der Waals surface area contributed by atoms with E-state index in [4.69, 9.17) is 6.42 Å². The van der Waals surface area contributed by atoms with E-state index in [1.165, 1.54) is 23.9 Å². The molecule has 8 heteroatoms. The summed E-state index contributed by atoms with van der Waals surface area (Å²) in [6.07, 6.45) is 7.37. The van der Waals surface area contributed by atoms with Gasteiger partial charge in [0.15, 0.2) is 0 Å². The SMILES string of the molecule is C#CC(=O)N(c1cccc(C(F)(F)F)c1)C(C(=O)NC1CCCCC1)c1ccc(SC)cc1. The standard InChI is InChI=1S/C25H25F3N2O2S/c1-3-22(31)30(20-11-7-8-18(16-20)25(26,27)28)23(17-12-14-21(33-2)15-13-17)24(32)29-19-9-5-4-6-10-19/h1,7-8,11-16,19,23H,4-6,9-10H2,2H3,(H,29,32). The number of halogens is 3. The minimum absolute atomic E-state index is 0.0523. The predicted octanol–water partition coefficient (Wildman–Crippen LogP) is 5.58. The van der Waals surface area contributed by atoms with Crippen LogP contribution in [0.5, 0.6) is 0 Å². The van der Waals surface area contributed by atoms with Crippen LogP contribution < -0.4 is 10.2 Å². The maximum absolute atomic E-state index is 13.5. The van der Waals surface area contributed by atoms with Crippen molar-refractivity contribution < 1.29 is 22.8 Å². The molecule has 0 heterocycles. The maximum Gasteiger partial charge on any atom is 0.416 e. The Morgan fingerprint density at radius 1 is 1.12 bits per heavy atom. The molecule has 0 aromatic heterocycles. The van der Waals surface area contributed by atoms with Gasteiger partial charge in [-0.05, 0) is 60.9 Å². The molecule has 0 aliphatic heterocycles. The first-order chi connectivity index (χ1) is 15.7. The lowest BCUT2D eigenvalue weighted by atomic mass is 9.94. The van der Waals surface area contributed by atoms with E-state index in [1.807, 2.05) is 12.2 Å². The topological polar surface area (TPSA) is 49.4 Å². The third-order valence-corrected chi connectivity index (χ3v) is 6.43. The Hall–Kier alpha value is -2.92. The Kier molecular flexibility index (Phi) is 8.09. The lowest BCUT2D eigenvalue weighted by Gasteiger charge is -2.32. The average Bonchev–Trinajstić information content (AvgIpc) is 2.82. The lowest BCUT2D eigenvalue weighted by Crippen LogP contribution is -2.47. The lowest BCUT2D eigenvalue weighted by molar-refractivity contribution is -0.137. The Labute approximate surface area is 195 Å². The van der Waals surface area contributed by atoms with Crippen molar-refractivity contribution in [1.29, 1.82) is 0 Å². The average molecular weight is 475 g/mol. The summed E-state index contributed by atoms with van der Waals surface area (Å²) in [5.74, 6) is 0.606. The van der Waals surface area contributed by atoms with E-state index < -0.39 is 29.6 Å². The summed E-state index contributed by atoms with van der Waals surface area (Å²) in [4.78, 5) is 28.2. The van der Waals surface area contributed by atoms with Gasteiger partial charge in [-0.1, -0.05) is 37.5 Å². The third kappa shape index (κ3) is 6.11. The van der Waals surface area contributed by atoms with Crippen LogP contribution in [-0.2, 0) is 15.8 Å². The molecule has 1 unspecified atom stereocenters. The fraction of sp³-hybridized carbons (Fsp3) is 0.360. The summed E-state index contributed by atoms with van der Waals surface area (Å²) < 4.78 is 40.1. The summed E-state index contributed by atoms with van der Waals surface area (Å²) in [7, 11) is 0. The van der Waals surface area contributed by atoms with Gasteiger partial charge in [0.05, 0.1) is 5.56 Å². The van der Waals surface area contributed by atoms with Crippen LogP contribution in [0.2, 0.25) is 0 Å². The first-order valence-electron chi connectivity index (χ1n) is 10.7. The second-order valence-corrected chi connectivity index (χ2v) is 8.77. The summed E-state index contributed by atoms with van der Waals surface area (Å²) >= 11 is 1.51. The number of anilines is 1. The minimum Gasteiger partial charge on any atom is -0.351 e. The monoisotopic (exact) mass is 474 g/mol. The van der Waals surface area contributed by atoms with Gasteiger partial charge in [0.1, 0.15) is 6.04 Å². The number of alkyl halides is 3. The third-order valence-electron chi connectivity index (χ3n) is 5.68. The van der Waals surface area contributed by atoms with Gasteiger partial charge in [0, 0.05) is 16.6 Å². The van der Waals surface area contributed by atoms with Gasteiger partial charge in [-0.25, -0.2) is 0 Å². The summed E-state index contributed by atoms with van der Waals surface area (Å²) in [6.45, 7) is 0. The van der Waals surface area contributed by atoms with Crippen LogP contribution in [0.15, 0.2) is 53.4 Å². The fourth-order valence-corrected chi connectivity index (χ4v) is 4.42. The van der Waals surface area contributed by atoms with E-state index in [0.717, 1.165) is 54.0 Å². The highest BCUT2D eigenvalue weighted by Gasteiger charge is 2.36. The highest BCUT2D eigenvalue weighted by molar-refractivity contribution is 7.98. The number of rotatable bonds is 6. The Morgan fingerprint density at radius 3 is 2.36 bits per heavy atom. The Balaban J connectivity index is 2.08. The molecule has 0 spiro atoms. The second-order valence-electron chi connectivity index (χ2n) is 7.89.